The minimum atomic E-state index is -0.318. The first-order valence-corrected chi connectivity index (χ1v) is 15.5. The van der Waals surface area contributed by atoms with Crippen molar-refractivity contribution in [3.05, 3.63) is 112 Å². The monoisotopic (exact) mass is 601 g/mol. The van der Waals surface area contributed by atoms with E-state index in [1.54, 1.807) is 16.8 Å². The van der Waals surface area contributed by atoms with Gasteiger partial charge in [0.05, 0.1) is 5.69 Å². The molecule has 2 aliphatic rings. The molecule has 0 bridgehead atoms. The van der Waals surface area contributed by atoms with Gasteiger partial charge in [0.25, 0.3) is 5.56 Å². The summed E-state index contributed by atoms with van der Waals surface area (Å²) in [4.78, 5) is 25.8. The Morgan fingerprint density at radius 3 is 2.42 bits per heavy atom. The molecule has 0 radical (unpaired) electrons. The first-order valence-electron chi connectivity index (χ1n) is 15.5. The number of piperazine rings is 1. The smallest absolute Gasteiger partial charge is 0.260 e. The van der Waals surface area contributed by atoms with Gasteiger partial charge in [0.2, 0.25) is 5.95 Å². The van der Waals surface area contributed by atoms with Crippen molar-refractivity contribution in [2.75, 3.05) is 23.3 Å². The maximum absolute atomic E-state index is 15.4. The average Bonchev–Trinajstić information content (AvgIpc) is 3.01. The van der Waals surface area contributed by atoms with Crippen molar-refractivity contribution in [1.29, 1.82) is 5.41 Å². The van der Waals surface area contributed by atoms with Crippen LogP contribution in [0.15, 0.2) is 83.8 Å². The highest BCUT2D eigenvalue weighted by molar-refractivity contribution is 6.01. The van der Waals surface area contributed by atoms with Gasteiger partial charge in [-0.05, 0) is 73.7 Å². The third-order valence-corrected chi connectivity index (χ3v) is 8.91. The highest BCUT2D eigenvalue weighted by Gasteiger charge is 2.28. The number of hydrogen-bond acceptors (Lipinski definition) is 7. The van der Waals surface area contributed by atoms with Gasteiger partial charge in [0, 0.05) is 66.2 Å². The van der Waals surface area contributed by atoms with Crippen molar-refractivity contribution in [2.24, 2.45) is 0 Å². The minimum absolute atomic E-state index is 0.159. The van der Waals surface area contributed by atoms with Crippen LogP contribution in [0.4, 0.5) is 21.7 Å². The highest BCUT2D eigenvalue weighted by atomic mass is 19.1. The molecule has 45 heavy (non-hydrogen) atoms. The number of anilines is 3. The first-order chi connectivity index (χ1) is 21.7. The molecule has 8 nitrogen and oxygen atoms in total. The Balaban J connectivity index is 1.29. The molecule has 3 N–H and O–H groups in total. The molecule has 0 amide bonds. The Bertz CT molecular complexity index is 1990. The second kappa shape index (κ2) is 11.6. The number of aromatic nitrogens is 3. The van der Waals surface area contributed by atoms with Crippen LogP contribution >= 0.6 is 0 Å². The minimum Gasteiger partial charge on any atom is -0.366 e. The molecule has 1 aliphatic heterocycles. The fraction of sp³-hybridized carbons (Fsp3) is 0.278. The molecule has 228 valence electrons. The van der Waals surface area contributed by atoms with Crippen LogP contribution in [0, 0.1) is 18.2 Å². The number of hydrogen-bond donors (Lipinski definition) is 3. The van der Waals surface area contributed by atoms with Crippen LogP contribution in [-0.2, 0) is 6.42 Å². The molecular formula is C36H36FN7O. The number of benzene rings is 3. The standard InChI is InChI=1S/C36H36FN7O/c1-21-8-4-6-10-28(21)30-15-25-18-39-36(41-26-12-13-33(31(37)16-26)43-19-22(2)40-23(3)20-43)42-34(25)44(35(30)45)27-14-24-9-5-7-11-29(24)32(38)17-27/h4-13,15-16,18,22-23,27,38,40H,14,17,19-20H2,1-3H3,(H,39,41,42)/t22-,23+,27?. The zero-order chi connectivity index (χ0) is 31.2. The molecule has 1 saturated heterocycles. The number of pyridine rings is 1. The molecule has 7 rings (SSSR count). The van der Waals surface area contributed by atoms with Gasteiger partial charge in [-0.25, -0.2) is 9.37 Å². The van der Waals surface area contributed by atoms with Crippen LogP contribution in [-0.4, -0.2) is 45.4 Å². The fourth-order valence-electron chi connectivity index (χ4n) is 6.93. The number of rotatable bonds is 5. The molecule has 3 aromatic carbocycles. The van der Waals surface area contributed by atoms with E-state index in [0.717, 1.165) is 35.3 Å². The molecule has 5 aromatic rings. The van der Waals surface area contributed by atoms with Gasteiger partial charge in [0.1, 0.15) is 11.5 Å². The molecule has 0 spiro atoms. The Kier molecular flexibility index (Phi) is 7.41. The van der Waals surface area contributed by atoms with Gasteiger partial charge in [-0.15, -0.1) is 0 Å². The zero-order valence-corrected chi connectivity index (χ0v) is 25.6. The van der Waals surface area contributed by atoms with E-state index in [0.29, 0.717) is 46.5 Å². The van der Waals surface area contributed by atoms with E-state index in [2.05, 4.69) is 34.4 Å². The van der Waals surface area contributed by atoms with E-state index < -0.39 is 0 Å². The molecular weight excluding hydrogens is 565 g/mol. The number of halogens is 1. The molecule has 1 aliphatic carbocycles. The van der Waals surface area contributed by atoms with Gasteiger partial charge in [0.15, 0.2) is 0 Å². The van der Waals surface area contributed by atoms with E-state index in [4.69, 9.17) is 10.4 Å². The lowest BCUT2D eigenvalue weighted by atomic mass is 9.86. The van der Waals surface area contributed by atoms with Gasteiger partial charge < -0.3 is 20.9 Å². The van der Waals surface area contributed by atoms with Crippen molar-refractivity contribution in [3.63, 3.8) is 0 Å². The topological polar surface area (TPSA) is 98.9 Å². The lowest BCUT2D eigenvalue weighted by molar-refractivity contribution is 0.404. The van der Waals surface area contributed by atoms with E-state index in [9.17, 15) is 4.79 Å². The van der Waals surface area contributed by atoms with Crippen LogP contribution in [0.1, 0.15) is 43.0 Å². The van der Waals surface area contributed by atoms with Crippen LogP contribution in [0.5, 0.6) is 0 Å². The summed E-state index contributed by atoms with van der Waals surface area (Å²) in [6.45, 7) is 7.66. The second-order valence-electron chi connectivity index (χ2n) is 12.4. The molecule has 1 unspecified atom stereocenters. The Hall–Kier alpha value is -4.89. The predicted octanol–water partition coefficient (Wildman–Crippen LogP) is 6.39. The van der Waals surface area contributed by atoms with Gasteiger partial charge in [-0.2, -0.15) is 4.98 Å². The first kappa shape index (κ1) is 28.9. The van der Waals surface area contributed by atoms with Crippen molar-refractivity contribution in [3.8, 4) is 11.1 Å². The van der Waals surface area contributed by atoms with Crippen molar-refractivity contribution in [2.45, 2.75) is 51.7 Å². The lowest BCUT2D eigenvalue weighted by Gasteiger charge is -2.37. The maximum Gasteiger partial charge on any atom is 0.260 e. The largest absolute Gasteiger partial charge is 0.366 e. The molecule has 9 heteroatoms. The molecule has 3 atom stereocenters. The third kappa shape index (κ3) is 5.48. The normalized spacial score (nSPS) is 19.9. The van der Waals surface area contributed by atoms with Gasteiger partial charge in [-0.1, -0.05) is 48.5 Å². The van der Waals surface area contributed by atoms with Crippen molar-refractivity contribution < 1.29 is 4.39 Å². The highest BCUT2D eigenvalue weighted by Crippen LogP contribution is 2.32. The van der Waals surface area contributed by atoms with Crippen LogP contribution in [0.3, 0.4) is 0 Å². The summed E-state index contributed by atoms with van der Waals surface area (Å²) in [7, 11) is 0. The number of nitrogens with zero attached hydrogens (tertiary/aromatic N) is 4. The summed E-state index contributed by atoms with van der Waals surface area (Å²) in [6.07, 6.45) is 2.72. The number of nitrogens with one attached hydrogen (secondary N) is 3. The fourth-order valence-corrected chi connectivity index (χ4v) is 6.93. The van der Waals surface area contributed by atoms with Crippen LogP contribution in [0.2, 0.25) is 0 Å². The molecule has 2 aromatic heterocycles. The summed E-state index contributed by atoms with van der Waals surface area (Å²) < 4.78 is 17.1. The van der Waals surface area contributed by atoms with E-state index in [1.165, 1.54) is 6.07 Å². The van der Waals surface area contributed by atoms with Gasteiger partial charge in [-0.3, -0.25) is 9.36 Å². The quantitative estimate of drug-likeness (QED) is 0.216. The third-order valence-electron chi connectivity index (χ3n) is 8.91. The van der Waals surface area contributed by atoms with Gasteiger partial charge >= 0.3 is 0 Å². The summed E-state index contributed by atoms with van der Waals surface area (Å²) >= 11 is 0. The number of fused-ring (bicyclic) bond motifs is 2. The van der Waals surface area contributed by atoms with E-state index >= 15 is 4.39 Å². The van der Waals surface area contributed by atoms with Crippen molar-refractivity contribution >= 4 is 34.1 Å². The zero-order valence-electron chi connectivity index (χ0n) is 25.6. The van der Waals surface area contributed by atoms with E-state index in [1.807, 2.05) is 67.6 Å². The Morgan fingerprint density at radius 2 is 1.67 bits per heavy atom. The molecule has 1 fully saturated rings. The molecule has 3 heterocycles. The Labute approximate surface area is 261 Å². The van der Waals surface area contributed by atoms with E-state index in [-0.39, 0.29) is 35.5 Å². The predicted molar refractivity (Wildman–Crippen MR) is 179 cm³/mol. The Morgan fingerprint density at radius 1 is 0.933 bits per heavy atom. The maximum atomic E-state index is 15.4. The summed E-state index contributed by atoms with van der Waals surface area (Å²) in [5, 5.41) is 16.2. The van der Waals surface area contributed by atoms with Crippen LogP contribution < -0.4 is 21.1 Å². The second-order valence-corrected chi connectivity index (χ2v) is 12.4. The number of aryl methyl sites for hydroxylation is 1. The summed E-state index contributed by atoms with van der Waals surface area (Å²) in [5.41, 5.74) is 6.30. The SMILES string of the molecule is Cc1ccccc1-c1cc2cnc(Nc3ccc(N4C[C@@H](C)N[C@@H](C)C4)c(F)c3)nc2n(C2CC(=N)c3ccccc3C2)c1=O. The molecule has 0 saturated carbocycles. The summed E-state index contributed by atoms with van der Waals surface area (Å²) in [6, 6.07) is 22.9. The van der Waals surface area contributed by atoms with Crippen molar-refractivity contribution in [1.82, 2.24) is 19.9 Å². The lowest BCUT2D eigenvalue weighted by Crippen LogP contribution is -2.54. The van der Waals surface area contributed by atoms with Crippen LogP contribution in [0.25, 0.3) is 22.2 Å². The summed E-state index contributed by atoms with van der Waals surface area (Å²) in [5.74, 6) is -0.0524. The average molecular weight is 602 g/mol.